The highest BCUT2D eigenvalue weighted by molar-refractivity contribution is 5.90. The number of nitrogens with zero attached hydrogens (tertiary/aromatic N) is 1. The Kier molecular flexibility index (Phi) is 4.15. The third-order valence-electron chi connectivity index (χ3n) is 3.40. The highest BCUT2D eigenvalue weighted by Crippen LogP contribution is 2.32. The molecule has 1 aromatic rings. The standard InChI is InChI=1S/C13H15F3N2O2/c14-13(15,16)10-7-17-11(6-9(10)12(19)20)18-8-4-2-1-3-5-8/h6-8H,1-5H2,(H,17,18)(H,19,20). The first kappa shape index (κ1) is 14.6. The van der Waals surface area contributed by atoms with Crippen LogP contribution in [0.15, 0.2) is 12.3 Å². The fourth-order valence-corrected chi connectivity index (χ4v) is 2.39. The first-order valence-corrected chi connectivity index (χ1v) is 6.45. The number of pyridine rings is 1. The van der Waals surface area contributed by atoms with Gasteiger partial charge in [-0.2, -0.15) is 13.2 Å². The van der Waals surface area contributed by atoms with Crippen LogP contribution in [-0.2, 0) is 6.18 Å². The summed E-state index contributed by atoms with van der Waals surface area (Å²) in [4.78, 5) is 14.6. The van der Waals surface area contributed by atoms with Gasteiger partial charge in [-0.1, -0.05) is 19.3 Å². The SMILES string of the molecule is O=C(O)c1cc(NC2CCCCC2)ncc1C(F)(F)F. The summed E-state index contributed by atoms with van der Waals surface area (Å²) < 4.78 is 38.0. The molecule has 0 amide bonds. The lowest BCUT2D eigenvalue weighted by Crippen LogP contribution is -2.23. The second-order valence-electron chi connectivity index (χ2n) is 4.90. The van der Waals surface area contributed by atoms with E-state index in [0.717, 1.165) is 38.2 Å². The van der Waals surface area contributed by atoms with Gasteiger partial charge in [-0.25, -0.2) is 9.78 Å². The molecule has 0 bridgehead atoms. The molecule has 0 aliphatic heterocycles. The Hall–Kier alpha value is -1.79. The fraction of sp³-hybridized carbons (Fsp3) is 0.538. The predicted molar refractivity (Wildman–Crippen MR) is 66.7 cm³/mol. The molecule has 0 spiro atoms. The van der Waals surface area contributed by atoms with E-state index in [1.54, 1.807) is 0 Å². The van der Waals surface area contributed by atoms with Gasteiger partial charge in [0.15, 0.2) is 0 Å². The summed E-state index contributed by atoms with van der Waals surface area (Å²) >= 11 is 0. The van der Waals surface area contributed by atoms with Crippen molar-refractivity contribution >= 4 is 11.8 Å². The van der Waals surface area contributed by atoms with Crippen LogP contribution in [0.25, 0.3) is 0 Å². The highest BCUT2D eigenvalue weighted by Gasteiger charge is 2.36. The lowest BCUT2D eigenvalue weighted by molar-refractivity contribution is -0.138. The van der Waals surface area contributed by atoms with Gasteiger partial charge in [-0.15, -0.1) is 0 Å². The Morgan fingerprint density at radius 2 is 1.95 bits per heavy atom. The van der Waals surface area contributed by atoms with Crippen LogP contribution in [0.3, 0.4) is 0 Å². The minimum Gasteiger partial charge on any atom is -0.478 e. The number of carboxylic acid groups (broad SMARTS) is 1. The molecule has 1 fully saturated rings. The molecule has 0 unspecified atom stereocenters. The van der Waals surface area contributed by atoms with Crippen molar-refractivity contribution in [1.29, 1.82) is 0 Å². The summed E-state index contributed by atoms with van der Waals surface area (Å²) in [5.74, 6) is -1.42. The number of aromatic carboxylic acids is 1. The molecule has 0 aromatic carbocycles. The molecule has 2 rings (SSSR count). The number of nitrogens with one attached hydrogen (secondary N) is 1. The van der Waals surface area contributed by atoms with Crippen LogP contribution in [-0.4, -0.2) is 22.1 Å². The van der Waals surface area contributed by atoms with Crippen LogP contribution in [0.2, 0.25) is 0 Å². The van der Waals surface area contributed by atoms with Gasteiger partial charge in [-0.05, 0) is 18.9 Å². The molecule has 0 radical (unpaired) electrons. The van der Waals surface area contributed by atoms with Crippen LogP contribution in [0, 0.1) is 0 Å². The molecule has 20 heavy (non-hydrogen) atoms. The van der Waals surface area contributed by atoms with E-state index in [9.17, 15) is 18.0 Å². The maximum atomic E-state index is 12.7. The van der Waals surface area contributed by atoms with E-state index < -0.39 is 23.3 Å². The van der Waals surface area contributed by atoms with Gasteiger partial charge < -0.3 is 10.4 Å². The molecule has 0 atom stereocenters. The van der Waals surface area contributed by atoms with Crippen molar-refractivity contribution in [2.45, 2.75) is 44.3 Å². The summed E-state index contributed by atoms with van der Waals surface area (Å²) in [5.41, 5.74) is -2.00. The summed E-state index contributed by atoms with van der Waals surface area (Å²) in [6, 6.07) is 1.11. The Morgan fingerprint density at radius 1 is 1.30 bits per heavy atom. The van der Waals surface area contributed by atoms with E-state index in [2.05, 4.69) is 10.3 Å². The number of halogens is 3. The molecule has 1 aliphatic rings. The zero-order chi connectivity index (χ0) is 14.8. The van der Waals surface area contributed by atoms with E-state index in [-0.39, 0.29) is 11.9 Å². The van der Waals surface area contributed by atoms with Crippen molar-refractivity contribution < 1.29 is 23.1 Å². The fourth-order valence-electron chi connectivity index (χ4n) is 2.39. The summed E-state index contributed by atoms with van der Waals surface area (Å²) in [6.07, 6.45) is 0.974. The van der Waals surface area contributed by atoms with Crippen molar-refractivity contribution in [2.24, 2.45) is 0 Å². The van der Waals surface area contributed by atoms with E-state index >= 15 is 0 Å². The molecule has 1 aromatic heterocycles. The summed E-state index contributed by atoms with van der Waals surface area (Å²) in [6.45, 7) is 0. The third kappa shape index (κ3) is 3.40. The van der Waals surface area contributed by atoms with Crippen molar-refractivity contribution in [1.82, 2.24) is 4.98 Å². The van der Waals surface area contributed by atoms with Gasteiger partial charge in [0.05, 0.1) is 11.1 Å². The smallest absolute Gasteiger partial charge is 0.418 e. The van der Waals surface area contributed by atoms with Crippen LogP contribution in [0.5, 0.6) is 0 Å². The van der Waals surface area contributed by atoms with Crippen LogP contribution >= 0.6 is 0 Å². The van der Waals surface area contributed by atoms with E-state index in [4.69, 9.17) is 5.11 Å². The normalized spacial score (nSPS) is 16.9. The third-order valence-corrected chi connectivity index (χ3v) is 3.40. The Balaban J connectivity index is 2.23. The number of hydrogen-bond donors (Lipinski definition) is 2. The van der Waals surface area contributed by atoms with E-state index in [1.165, 1.54) is 0 Å². The molecule has 7 heteroatoms. The van der Waals surface area contributed by atoms with Crippen LogP contribution < -0.4 is 5.32 Å². The second kappa shape index (κ2) is 5.68. The Morgan fingerprint density at radius 3 is 2.50 bits per heavy atom. The molecular weight excluding hydrogens is 273 g/mol. The Bertz CT molecular complexity index is 497. The van der Waals surface area contributed by atoms with E-state index in [0.29, 0.717) is 6.20 Å². The molecule has 2 N–H and O–H groups in total. The van der Waals surface area contributed by atoms with E-state index in [1.807, 2.05) is 0 Å². The van der Waals surface area contributed by atoms with Gasteiger partial charge in [0.25, 0.3) is 0 Å². The van der Waals surface area contributed by atoms with Crippen molar-refractivity contribution in [2.75, 3.05) is 5.32 Å². The number of rotatable bonds is 3. The largest absolute Gasteiger partial charge is 0.478 e. The van der Waals surface area contributed by atoms with Gasteiger partial charge >= 0.3 is 12.1 Å². The number of hydrogen-bond acceptors (Lipinski definition) is 3. The maximum Gasteiger partial charge on any atom is 0.418 e. The molecule has 1 heterocycles. The molecule has 1 saturated carbocycles. The number of alkyl halides is 3. The lowest BCUT2D eigenvalue weighted by Gasteiger charge is -2.23. The highest BCUT2D eigenvalue weighted by atomic mass is 19.4. The zero-order valence-corrected chi connectivity index (χ0v) is 10.7. The summed E-state index contributed by atoms with van der Waals surface area (Å²) in [7, 11) is 0. The van der Waals surface area contributed by atoms with Gasteiger partial charge in [0.2, 0.25) is 0 Å². The first-order valence-electron chi connectivity index (χ1n) is 6.45. The van der Waals surface area contributed by atoms with Gasteiger partial charge in [0, 0.05) is 12.2 Å². The topological polar surface area (TPSA) is 62.2 Å². The molecule has 1 aliphatic carbocycles. The van der Waals surface area contributed by atoms with Crippen molar-refractivity contribution in [3.63, 3.8) is 0 Å². The first-order chi connectivity index (χ1) is 9.38. The number of carboxylic acids is 1. The van der Waals surface area contributed by atoms with Crippen molar-refractivity contribution in [3.05, 3.63) is 23.4 Å². The second-order valence-corrected chi connectivity index (χ2v) is 4.90. The molecule has 110 valence electrons. The lowest BCUT2D eigenvalue weighted by atomic mass is 9.95. The zero-order valence-electron chi connectivity index (χ0n) is 10.7. The number of carbonyl (C=O) groups is 1. The van der Waals surface area contributed by atoms with Crippen molar-refractivity contribution in [3.8, 4) is 0 Å². The molecule has 0 saturated heterocycles. The average Bonchev–Trinajstić information content (AvgIpc) is 2.38. The maximum absolute atomic E-state index is 12.7. The number of anilines is 1. The quantitative estimate of drug-likeness (QED) is 0.893. The van der Waals surface area contributed by atoms with Crippen LogP contribution in [0.4, 0.5) is 19.0 Å². The summed E-state index contributed by atoms with van der Waals surface area (Å²) in [5, 5.41) is 11.9. The van der Waals surface area contributed by atoms with Crippen LogP contribution in [0.1, 0.15) is 48.0 Å². The molecular formula is C13H15F3N2O2. The predicted octanol–water partition coefficient (Wildman–Crippen LogP) is 3.54. The Labute approximate surface area is 114 Å². The monoisotopic (exact) mass is 288 g/mol. The minimum atomic E-state index is -4.72. The number of aromatic nitrogens is 1. The minimum absolute atomic E-state index is 0.148. The average molecular weight is 288 g/mol. The molecule has 4 nitrogen and oxygen atoms in total. The van der Waals surface area contributed by atoms with Gasteiger partial charge in [0.1, 0.15) is 5.82 Å². The van der Waals surface area contributed by atoms with Gasteiger partial charge in [-0.3, -0.25) is 0 Å².